The Morgan fingerprint density at radius 1 is 1.37 bits per heavy atom. The molecule has 2 aliphatic rings. The first-order valence-corrected chi connectivity index (χ1v) is 7.54. The van der Waals surface area contributed by atoms with E-state index in [4.69, 9.17) is 0 Å². The minimum absolute atomic E-state index is 0.244. The van der Waals surface area contributed by atoms with Crippen LogP contribution >= 0.6 is 0 Å². The van der Waals surface area contributed by atoms with Crippen LogP contribution in [-0.2, 0) is 0 Å². The van der Waals surface area contributed by atoms with E-state index in [1.165, 1.54) is 0 Å². The van der Waals surface area contributed by atoms with Crippen LogP contribution in [0.25, 0.3) is 0 Å². The molecular weight excluding hydrogens is 236 g/mol. The molecule has 2 unspecified atom stereocenters. The van der Waals surface area contributed by atoms with Gasteiger partial charge >= 0.3 is 0 Å². The fourth-order valence-electron chi connectivity index (χ4n) is 3.56. The van der Waals surface area contributed by atoms with Crippen molar-refractivity contribution in [2.75, 3.05) is 33.2 Å². The second kappa shape index (κ2) is 5.40. The Hall–Kier alpha value is -0.630. The molecule has 0 aromatic rings. The molecule has 1 aliphatic heterocycles. The van der Waals surface area contributed by atoms with Crippen LogP contribution in [0.3, 0.4) is 0 Å². The van der Waals surface area contributed by atoms with E-state index < -0.39 is 0 Å². The van der Waals surface area contributed by atoms with Gasteiger partial charge in [-0.25, -0.2) is 0 Å². The average Bonchev–Trinajstić information content (AvgIpc) is 2.78. The second-order valence-electron chi connectivity index (χ2n) is 6.83. The maximum absolute atomic E-state index is 9.47. The summed E-state index contributed by atoms with van der Waals surface area (Å²) in [6.45, 7) is 11.0. The molecule has 2 rings (SSSR count). The molecule has 1 heterocycles. The average molecular weight is 264 g/mol. The lowest BCUT2D eigenvalue weighted by Crippen LogP contribution is -2.59. The normalized spacial score (nSPS) is 36.3. The molecule has 0 amide bonds. The molecule has 2 fully saturated rings. The van der Waals surface area contributed by atoms with Crippen LogP contribution in [0.15, 0.2) is 0 Å². The predicted octanol–water partition coefficient (Wildman–Crippen LogP) is 1.44. The van der Waals surface area contributed by atoms with Gasteiger partial charge in [0.05, 0.1) is 6.07 Å². The topological polar surface area (TPSA) is 42.3 Å². The molecule has 108 valence electrons. The van der Waals surface area contributed by atoms with Crippen molar-refractivity contribution in [2.24, 2.45) is 0 Å². The van der Waals surface area contributed by atoms with Crippen LogP contribution in [0, 0.1) is 11.3 Å². The maximum Gasteiger partial charge on any atom is 0.108 e. The fourth-order valence-corrected chi connectivity index (χ4v) is 3.56. The second-order valence-corrected chi connectivity index (χ2v) is 6.83. The number of piperazine rings is 1. The van der Waals surface area contributed by atoms with Gasteiger partial charge in [-0.3, -0.25) is 15.1 Å². The van der Waals surface area contributed by atoms with Gasteiger partial charge < -0.3 is 0 Å². The Morgan fingerprint density at radius 3 is 2.68 bits per heavy atom. The molecule has 0 aromatic carbocycles. The van der Waals surface area contributed by atoms with Gasteiger partial charge in [0.15, 0.2) is 0 Å². The summed E-state index contributed by atoms with van der Waals surface area (Å²) in [6, 6.07) is 3.10. The summed E-state index contributed by atoms with van der Waals surface area (Å²) in [6.07, 6.45) is 3.13. The van der Waals surface area contributed by atoms with Crippen molar-refractivity contribution >= 4 is 0 Å². The summed E-state index contributed by atoms with van der Waals surface area (Å²) in [5.41, 5.74) is -0.0266. The van der Waals surface area contributed by atoms with Crippen molar-refractivity contribution in [3.63, 3.8) is 0 Å². The summed E-state index contributed by atoms with van der Waals surface area (Å²) in [5.74, 6) is 0. The monoisotopic (exact) mass is 264 g/mol. The summed E-state index contributed by atoms with van der Waals surface area (Å²) in [4.78, 5) is 5.05. The number of nitrogens with one attached hydrogen (secondary N) is 1. The van der Waals surface area contributed by atoms with Crippen molar-refractivity contribution in [3.05, 3.63) is 0 Å². The summed E-state index contributed by atoms with van der Waals surface area (Å²) < 4.78 is 0. The highest BCUT2D eigenvalue weighted by atomic mass is 15.3. The number of nitrogens with zero attached hydrogens (tertiary/aromatic N) is 3. The van der Waals surface area contributed by atoms with Gasteiger partial charge in [0.25, 0.3) is 0 Å². The largest absolute Gasteiger partial charge is 0.300 e. The van der Waals surface area contributed by atoms with Crippen LogP contribution in [0.2, 0.25) is 0 Å². The zero-order chi connectivity index (χ0) is 14.1. The molecule has 0 radical (unpaired) electrons. The number of hydrogen-bond donors (Lipinski definition) is 1. The minimum Gasteiger partial charge on any atom is -0.300 e. The number of likely N-dealkylation sites (N-methyl/N-ethyl adjacent to an activating group) is 1. The fraction of sp³-hybridized carbons (Fsp3) is 0.933. The third-order valence-electron chi connectivity index (χ3n) is 5.08. The molecule has 0 bridgehead atoms. The Kier molecular flexibility index (Phi) is 4.20. The molecule has 1 N–H and O–H groups in total. The molecule has 1 saturated carbocycles. The van der Waals surface area contributed by atoms with E-state index in [0.29, 0.717) is 6.04 Å². The molecule has 4 heteroatoms. The lowest BCUT2D eigenvalue weighted by molar-refractivity contribution is 0.0170. The third-order valence-corrected chi connectivity index (χ3v) is 5.08. The van der Waals surface area contributed by atoms with E-state index in [0.717, 1.165) is 45.4 Å². The van der Waals surface area contributed by atoms with Gasteiger partial charge in [-0.2, -0.15) is 5.26 Å². The maximum atomic E-state index is 9.47. The van der Waals surface area contributed by atoms with Crippen LogP contribution < -0.4 is 5.32 Å². The molecule has 1 saturated heterocycles. The zero-order valence-corrected chi connectivity index (χ0v) is 12.9. The van der Waals surface area contributed by atoms with Crippen molar-refractivity contribution in [1.29, 1.82) is 5.26 Å². The molecule has 19 heavy (non-hydrogen) atoms. The van der Waals surface area contributed by atoms with Crippen LogP contribution in [0.1, 0.15) is 40.0 Å². The first-order valence-electron chi connectivity index (χ1n) is 7.54. The Balaban J connectivity index is 2.00. The van der Waals surface area contributed by atoms with Gasteiger partial charge in [-0.1, -0.05) is 6.92 Å². The van der Waals surface area contributed by atoms with E-state index in [1.807, 2.05) is 0 Å². The number of rotatable bonds is 3. The molecule has 4 nitrogen and oxygen atoms in total. The molecule has 2 atom stereocenters. The molecular formula is C15H28N4. The van der Waals surface area contributed by atoms with E-state index in [-0.39, 0.29) is 11.1 Å². The Morgan fingerprint density at radius 2 is 2.11 bits per heavy atom. The highest BCUT2D eigenvalue weighted by Gasteiger charge is 2.43. The van der Waals surface area contributed by atoms with Crippen LogP contribution in [-0.4, -0.2) is 60.1 Å². The lowest BCUT2D eigenvalue weighted by atomic mass is 9.96. The van der Waals surface area contributed by atoms with E-state index in [2.05, 4.69) is 49.0 Å². The summed E-state index contributed by atoms with van der Waals surface area (Å²) in [7, 11) is 2.21. The summed E-state index contributed by atoms with van der Waals surface area (Å²) in [5, 5.41) is 12.9. The van der Waals surface area contributed by atoms with Crippen molar-refractivity contribution in [1.82, 2.24) is 15.1 Å². The van der Waals surface area contributed by atoms with Crippen LogP contribution in [0.4, 0.5) is 0 Å². The smallest absolute Gasteiger partial charge is 0.108 e. The predicted molar refractivity (Wildman–Crippen MR) is 77.9 cm³/mol. The molecule has 0 spiro atoms. The zero-order valence-electron chi connectivity index (χ0n) is 12.9. The summed E-state index contributed by atoms with van der Waals surface area (Å²) >= 11 is 0. The van der Waals surface area contributed by atoms with Crippen molar-refractivity contribution < 1.29 is 0 Å². The van der Waals surface area contributed by atoms with Gasteiger partial charge in [0.1, 0.15) is 5.54 Å². The SMILES string of the molecule is CCNC1(C#N)CCC(N2CCN(C)C(C)(C)C2)C1. The number of hydrogen-bond acceptors (Lipinski definition) is 4. The molecule has 0 aromatic heterocycles. The first-order chi connectivity index (χ1) is 8.92. The highest BCUT2D eigenvalue weighted by molar-refractivity contribution is 5.13. The lowest BCUT2D eigenvalue weighted by Gasteiger charge is -2.47. The van der Waals surface area contributed by atoms with Crippen molar-refractivity contribution in [2.45, 2.75) is 57.2 Å². The standard InChI is InChI=1S/C15H28N4/c1-5-17-15(11-16)7-6-13(10-15)19-9-8-18(4)14(2,3)12-19/h13,17H,5-10,12H2,1-4H3. The molecule has 1 aliphatic carbocycles. The highest BCUT2D eigenvalue weighted by Crippen LogP contribution is 2.34. The Bertz CT molecular complexity index is 360. The van der Waals surface area contributed by atoms with Gasteiger partial charge in [0, 0.05) is 31.2 Å². The van der Waals surface area contributed by atoms with Gasteiger partial charge in [-0.05, 0) is 46.7 Å². The quantitative estimate of drug-likeness (QED) is 0.837. The minimum atomic E-state index is -0.271. The number of nitriles is 1. The van der Waals surface area contributed by atoms with Crippen molar-refractivity contribution in [3.8, 4) is 6.07 Å². The van der Waals surface area contributed by atoms with E-state index in [9.17, 15) is 5.26 Å². The van der Waals surface area contributed by atoms with E-state index >= 15 is 0 Å². The van der Waals surface area contributed by atoms with E-state index in [1.54, 1.807) is 0 Å². The first kappa shape index (κ1) is 14.8. The van der Waals surface area contributed by atoms with Gasteiger partial charge in [-0.15, -0.1) is 0 Å². The van der Waals surface area contributed by atoms with Gasteiger partial charge in [0.2, 0.25) is 0 Å². The third kappa shape index (κ3) is 2.94. The Labute approximate surface area is 117 Å². The van der Waals surface area contributed by atoms with Crippen LogP contribution in [0.5, 0.6) is 0 Å².